The van der Waals surface area contributed by atoms with Gasteiger partial charge in [0.2, 0.25) is 11.9 Å². The molecule has 1 unspecified atom stereocenters. The second-order valence-corrected chi connectivity index (χ2v) is 5.93. The minimum atomic E-state index is 0.260. The average molecular weight is 279 g/mol. The Kier molecular flexibility index (Phi) is 4.62. The molecule has 2 rings (SSSR count). The van der Waals surface area contributed by atoms with Crippen LogP contribution in [0.25, 0.3) is 0 Å². The van der Waals surface area contributed by atoms with Crippen LogP contribution >= 0.6 is 0 Å². The molecule has 1 fully saturated rings. The summed E-state index contributed by atoms with van der Waals surface area (Å²) < 4.78 is 5.14. The third-order valence-electron chi connectivity index (χ3n) is 3.94. The van der Waals surface area contributed by atoms with Crippen molar-refractivity contribution in [1.82, 2.24) is 15.0 Å². The molecule has 112 valence electrons. The maximum atomic E-state index is 5.14. The van der Waals surface area contributed by atoms with E-state index in [0.717, 1.165) is 13.0 Å². The molecule has 1 aromatic heterocycles. The van der Waals surface area contributed by atoms with Gasteiger partial charge in [0, 0.05) is 12.6 Å². The van der Waals surface area contributed by atoms with Crippen LogP contribution < -0.4 is 15.4 Å². The lowest BCUT2D eigenvalue weighted by atomic mass is 9.73. The Morgan fingerprint density at radius 3 is 2.60 bits per heavy atom. The van der Waals surface area contributed by atoms with E-state index in [4.69, 9.17) is 4.74 Å². The number of rotatable bonds is 5. The van der Waals surface area contributed by atoms with Crippen LogP contribution in [0.5, 0.6) is 6.01 Å². The van der Waals surface area contributed by atoms with Gasteiger partial charge in [-0.25, -0.2) is 0 Å². The number of anilines is 2. The maximum Gasteiger partial charge on any atom is 0.322 e. The van der Waals surface area contributed by atoms with Crippen molar-refractivity contribution in [3.05, 3.63) is 0 Å². The van der Waals surface area contributed by atoms with Gasteiger partial charge in [-0.2, -0.15) is 15.0 Å². The molecule has 1 heterocycles. The van der Waals surface area contributed by atoms with E-state index in [1.54, 1.807) is 7.11 Å². The quantitative estimate of drug-likeness (QED) is 0.863. The monoisotopic (exact) mass is 279 g/mol. The molecule has 0 aliphatic heterocycles. The molecule has 0 saturated heterocycles. The number of hydrogen-bond acceptors (Lipinski definition) is 6. The fourth-order valence-corrected chi connectivity index (χ4v) is 2.67. The lowest BCUT2D eigenvalue weighted by Gasteiger charge is -2.39. The minimum absolute atomic E-state index is 0.260. The van der Waals surface area contributed by atoms with E-state index >= 15 is 0 Å². The van der Waals surface area contributed by atoms with E-state index in [9.17, 15) is 0 Å². The van der Waals surface area contributed by atoms with E-state index < -0.39 is 0 Å². The maximum absolute atomic E-state index is 5.14. The third-order valence-corrected chi connectivity index (χ3v) is 3.94. The molecular weight excluding hydrogens is 254 g/mol. The molecule has 0 aromatic carbocycles. The highest BCUT2D eigenvalue weighted by Gasteiger charge is 2.32. The summed E-state index contributed by atoms with van der Waals surface area (Å²) in [5.41, 5.74) is 0.260. The molecular formula is C14H25N5O. The first kappa shape index (κ1) is 14.8. The topological polar surface area (TPSA) is 72.0 Å². The second kappa shape index (κ2) is 6.24. The predicted octanol–water partition coefficient (Wildman–Crippen LogP) is 2.69. The molecule has 6 nitrogen and oxygen atoms in total. The Labute approximate surface area is 120 Å². The zero-order valence-electron chi connectivity index (χ0n) is 12.9. The molecule has 1 atom stereocenters. The summed E-state index contributed by atoms with van der Waals surface area (Å²) in [7, 11) is 1.57. The van der Waals surface area contributed by atoms with Gasteiger partial charge < -0.3 is 15.4 Å². The summed E-state index contributed by atoms with van der Waals surface area (Å²) >= 11 is 0. The fraction of sp³-hybridized carbons (Fsp3) is 0.786. The van der Waals surface area contributed by atoms with Gasteiger partial charge in [0.15, 0.2) is 0 Å². The van der Waals surface area contributed by atoms with Gasteiger partial charge in [0.05, 0.1) is 7.11 Å². The van der Waals surface area contributed by atoms with E-state index in [1.807, 2.05) is 6.92 Å². The minimum Gasteiger partial charge on any atom is -0.467 e. The van der Waals surface area contributed by atoms with Crippen molar-refractivity contribution in [2.45, 2.75) is 52.5 Å². The van der Waals surface area contributed by atoms with Crippen molar-refractivity contribution in [3.8, 4) is 6.01 Å². The number of methoxy groups -OCH3 is 1. The van der Waals surface area contributed by atoms with Crippen molar-refractivity contribution in [1.29, 1.82) is 0 Å². The van der Waals surface area contributed by atoms with Crippen LogP contribution in [-0.4, -0.2) is 34.6 Å². The molecule has 0 bridgehead atoms. The summed E-state index contributed by atoms with van der Waals surface area (Å²) in [6.45, 7) is 7.37. The summed E-state index contributed by atoms with van der Waals surface area (Å²) in [4.78, 5) is 12.9. The van der Waals surface area contributed by atoms with E-state index in [2.05, 4.69) is 39.4 Å². The lowest BCUT2D eigenvalue weighted by Crippen LogP contribution is -2.39. The van der Waals surface area contributed by atoms with E-state index in [0.29, 0.717) is 23.9 Å². The van der Waals surface area contributed by atoms with Crippen molar-refractivity contribution in [2.75, 3.05) is 24.3 Å². The zero-order chi connectivity index (χ0) is 14.6. The van der Waals surface area contributed by atoms with Crippen molar-refractivity contribution >= 4 is 11.9 Å². The van der Waals surface area contributed by atoms with Gasteiger partial charge >= 0.3 is 6.01 Å². The standard InChI is InChI=1S/C14H25N5O/c1-5-15-11-17-12(19-13(18-11)20-4)16-10-8-6-7-9-14(10,2)3/h10H,5-9H2,1-4H3,(H2,15,16,17,18,19). The largest absolute Gasteiger partial charge is 0.467 e. The van der Waals surface area contributed by atoms with Crippen LogP contribution in [0.15, 0.2) is 0 Å². The van der Waals surface area contributed by atoms with Crippen LogP contribution in [-0.2, 0) is 0 Å². The third kappa shape index (κ3) is 3.49. The Morgan fingerprint density at radius 1 is 1.20 bits per heavy atom. The summed E-state index contributed by atoms with van der Waals surface area (Å²) in [5.74, 6) is 1.14. The highest BCUT2D eigenvalue weighted by Crippen LogP contribution is 2.36. The Balaban J connectivity index is 2.17. The summed E-state index contributed by atoms with van der Waals surface area (Å²) in [6.07, 6.45) is 4.93. The van der Waals surface area contributed by atoms with Crippen LogP contribution in [0.2, 0.25) is 0 Å². The Morgan fingerprint density at radius 2 is 1.95 bits per heavy atom. The van der Waals surface area contributed by atoms with Crippen molar-refractivity contribution in [2.24, 2.45) is 5.41 Å². The van der Waals surface area contributed by atoms with Crippen LogP contribution in [0.4, 0.5) is 11.9 Å². The Bertz CT molecular complexity index is 449. The molecule has 1 aromatic rings. The van der Waals surface area contributed by atoms with Gasteiger partial charge in [-0.1, -0.05) is 26.7 Å². The molecule has 20 heavy (non-hydrogen) atoms. The van der Waals surface area contributed by atoms with Crippen molar-refractivity contribution < 1.29 is 4.74 Å². The van der Waals surface area contributed by atoms with E-state index in [-0.39, 0.29) is 5.41 Å². The fourth-order valence-electron chi connectivity index (χ4n) is 2.67. The molecule has 1 saturated carbocycles. The first-order chi connectivity index (χ1) is 9.55. The molecule has 0 amide bonds. The molecule has 6 heteroatoms. The number of nitrogens with zero attached hydrogens (tertiary/aromatic N) is 3. The number of nitrogens with one attached hydrogen (secondary N) is 2. The van der Waals surface area contributed by atoms with Crippen molar-refractivity contribution in [3.63, 3.8) is 0 Å². The highest BCUT2D eigenvalue weighted by atomic mass is 16.5. The molecule has 0 spiro atoms. The smallest absolute Gasteiger partial charge is 0.322 e. The van der Waals surface area contributed by atoms with Gasteiger partial charge in [-0.15, -0.1) is 0 Å². The SMILES string of the molecule is CCNc1nc(NC2CCCCC2(C)C)nc(OC)n1. The number of hydrogen-bond donors (Lipinski definition) is 2. The van der Waals surface area contributed by atoms with Gasteiger partial charge in [0.1, 0.15) is 0 Å². The molecule has 1 aliphatic rings. The summed E-state index contributed by atoms with van der Waals surface area (Å²) in [5, 5.41) is 6.56. The normalized spacial score (nSPS) is 21.3. The van der Waals surface area contributed by atoms with Crippen LogP contribution in [0.1, 0.15) is 46.5 Å². The Hall–Kier alpha value is -1.59. The summed E-state index contributed by atoms with van der Waals surface area (Å²) in [6, 6.07) is 0.727. The van der Waals surface area contributed by atoms with E-state index in [1.165, 1.54) is 19.3 Å². The first-order valence-electron chi connectivity index (χ1n) is 7.35. The second-order valence-electron chi connectivity index (χ2n) is 5.93. The van der Waals surface area contributed by atoms with Gasteiger partial charge in [0.25, 0.3) is 0 Å². The molecule has 2 N–H and O–H groups in total. The number of aromatic nitrogens is 3. The predicted molar refractivity (Wildman–Crippen MR) is 80.2 cm³/mol. The van der Waals surface area contributed by atoms with Crippen LogP contribution in [0, 0.1) is 5.41 Å². The van der Waals surface area contributed by atoms with Gasteiger partial charge in [-0.05, 0) is 25.2 Å². The zero-order valence-corrected chi connectivity index (χ0v) is 12.9. The average Bonchev–Trinajstić information content (AvgIpc) is 2.41. The highest BCUT2D eigenvalue weighted by molar-refractivity contribution is 5.37. The number of ether oxygens (including phenoxy) is 1. The molecule has 0 radical (unpaired) electrons. The van der Waals surface area contributed by atoms with Crippen LogP contribution in [0.3, 0.4) is 0 Å². The van der Waals surface area contributed by atoms with Gasteiger partial charge in [-0.3, -0.25) is 0 Å². The first-order valence-corrected chi connectivity index (χ1v) is 7.35. The lowest BCUT2D eigenvalue weighted by molar-refractivity contribution is 0.216. The molecule has 1 aliphatic carbocycles.